The number of anilines is 4. The maximum Gasteiger partial charge on any atom is 0.258 e. The second-order valence-electron chi connectivity index (χ2n) is 3.90. The lowest BCUT2D eigenvalue weighted by Gasteiger charge is -2.02. The summed E-state index contributed by atoms with van der Waals surface area (Å²) in [5.74, 6) is 16.7. The summed E-state index contributed by atoms with van der Waals surface area (Å²) < 4.78 is 1.19. The highest BCUT2D eigenvalue weighted by Crippen LogP contribution is 2.13. The Kier molecular flexibility index (Phi) is 5.28. The van der Waals surface area contributed by atoms with Crippen LogP contribution >= 0.6 is 0 Å². The topological polar surface area (TPSA) is 236 Å². The van der Waals surface area contributed by atoms with Crippen molar-refractivity contribution in [1.82, 2.24) is 29.9 Å². The van der Waals surface area contributed by atoms with Crippen molar-refractivity contribution >= 4 is 35.6 Å². The third-order valence-electron chi connectivity index (χ3n) is 2.43. The minimum atomic E-state index is 0.0965. The van der Waals surface area contributed by atoms with Crippen molar-refractivity contribution in [2.24, 2.45) is 32.7 Å². The van der Waals surface area contributed by atoms with Gasteiger partial charge in [0.25, 0.3) is 11.9 Å². The van der Waals surface area contributed by atoms with Gasteiger partial charge in [0.05, 0.1) is 0 Å². The second-order valence-corrected chi connectivity index (χ2v) is 3.90. The second kappa shape index (κ2) is 7.58. The fraction of sp³-hybridized carbons (Fsp3) is 0.125. The first-order valence-corrected chi connectivity index (χ1v) is 6.25. The monoisotopic (exact) mass is 336 g/mol. The molecule has 0 bridgehead atoms. The van der Waals surface area contributed by atoms with Gasteiger partial charge in [0, 0.05) is 7.05 Å². The number of aliphatic imine (C=N–C) groups is 1. The van der Waals surface area contributed by atoms with E-state index in [2.05, 4.69) is 68.7 Å². The molecule has 16 nitrogen and oxygen atoms in total. The molecule has 0 saturated carbocycles. The molecule has 2 aromatic rings. The number of hydrogen-bond acceptors (Lipinski definition) is 12. The first-order valence-electron chi connectivity index (χ1n) is 6.25. The van der Waals surface area contributed by atoms with Gasteiger partial charge < -0.3 is 0 Å². The molecule has 0 atom stereocenters. The predicted molar refractivity (Wildman–Crippen MR) is 87.0 cm³/mol. The van der Waals surface area contributed by atoms with E-state index in [0.717, 1.165) is 0 Å². The van der Waals surface area contributed by atoms with Crippen LogP contribution in [-0.2, 0) is 0 Å². The van der Waals surface area contributed by atoms with Crippen LogP contribution in [0.1, 0.15) is 0 Å². The molecule has 0 saturated heterocycles. The van der Waals surface area contributed by atoms with Gasteiger partial charge in [-0.05, 0) is 0 Å². The van der Waals surface area contributed by atoms with Crippen LogP contribution in [0.2, 0.25) is 0 Å². The molecule has 24 heavy (non-hydrogen) atoms. The number of azo groups is 1. The highest BCUT2D eigenvalue weighted by molar-refractivity contribution is 5.92. The Morgan fingerprint density at radius 2 is 1.92 bits per heavy atom. The average Bonchev–Trinajstić information content (AvgIpc) is 3.24. The van der Waals surface area contributed by atoms with Gasteiger partial charge in [0.15, 0.2) is 5.82 Å². The third-order valence-corrected chi connectivity index (χ3v) is 2.43. The van der Waals surface area contributed by atoms with Crippen molar-refractivity contribution in [3.05, 3.63) is 6.58 Å². The van der Waals surface area contributed by atoms with E-state index in [1.54, 1.807) is 0 Å². The molecule has 128 valence electrons. The van der Waals surface area contributed by atoms with E-state index < -0.39 is 0 Å². The molecule has 2 heterocycles. The first kappa shape index (κ1) is 16.7. The van der Waals surface area contributed by atoms with Crippen molar-refractivity contribution in [3.8, 4) is 0 Å². The van der Waals surface area contributed by atoms with Crippen LogP contribution in [0, 0.1) is 0 Å². The zero-order valence-corrected chi connectivity index (χ0v) is 12.5. The summed E-state index contributed by atoms with van der Waals surface area (Å²) in [5, 5.41) is 20.8. The van der Waals surface area contributed by atoms with E-state index in [1.807, 2.05) is 0 Å². The molecule has 0 aromatic carbocycles. The van der Waals surface area contributed by atoms with Crippen molar-refractivity contribution < 1.29 is 0 Å². The van der Waals surface area contributed by atoms with Crippen LogP contribution in [-0.4, -0.2) is 43.0 Å². The quantitative estimate of drug-likeness (QED) is 0.0965. The molecule has 0 amide bonds. The Balaban J connectivity index is 2.09. The smallest absolute Gasteiger partial charge is 0.258 e. The number of nitrogens with two attached hydrogens (primary N) is 3. The highest BCUT2D eigenvalue weighted by Gasteiger charge is 2.11. The number of H-pyrrole nitrogens is 1. The van der Waals surface area contributed by atoms with Gasteiger partial charge in [-0.25, -0.2) is 22.6 Å². The molecule has 0 aliphatic rings. The number of aromatic amines is 1. The molecular formula is C8H16N16. The zero-order valence-electron chi connectivity index (χ0n) is 12.5. The molecule has 0 aliphatic carbocycles. The number of aromatic nitrogens is 6. The average molecular weight is 336 g/mol. The lowest BCUT2D eigenvalue weighted by Crippen LogP contribution is -2.13. The SMILES string of the molecule is C=C(N=NC(=NC)Nc1n[nH]c(NN)n1)n1nc(NN)nc1NN. The van der Waals surface area contributed by atoms with E-state index in [-0.39, 0.29) is 35.6 Å². The Hall–Kier alpha value is -3.63. The molecule has 0 spiro atoms. The summed E-state index contributed by atoms with van der Waals surface area (Å²) in [6.07, 6.45) is 0. The normalized spacial score (nSPS) is 11.6. The minimum Gasteiger partial charge on any atom is -0.293 e. The van der Waals surface area contributed by atoms with Crippen molar-refractivity contribution in [2.45, 2.75) is 0 Å². The maximum atomic E-state index is 5.33. The van der Waals surface area contributed by atoms with Gasteiger partial charge in [0.1, 0.15) is 0 Å². The van der Waals surface area contributed by atoms with Gasteiger partial charge in [0.2, 0.25) is 17.9 Å². The summed E-state index contributed by atoms with van der Waals surface area (Å²) in [5.41, 5.74) is 6.89. The highest BCUT2D eigenvalue weighted by atomic mass is 15.5. The van der Waals surface area contributed by atoms with E-state index in [9.17, 15) is 0 Å². The summed E-state index contributed by atoms with van der Waals surface area (Å²) in [7, 11) is 1.50. The van der Waals surface area contributed by atoms with Crippen LogP contribution in [0.25, 0.3) is 5.82 Å². The Morgan fingerprint density at radius 1 is 1.12 bits per heavy atom. The minimum absolute atomic E-state index is 0.0965. The summed E-state index contributed by atoms with van der Waals surface area (Å²) in [6, 6.07) is 0. The number of nitrogens with one attached hydrogen (secondary N) is 5. The number of guanidine groups is 1. The third kappa shape index (κ3) is 3.76. The van der Waals surface area contributed by atoms with Gasteiger partial charge in [-0.1, -0.05) is 6.58 Å². The van der Waals surface area contributed by atoms with Gasteiger partial charge >= 0.3 is 0 Å². The van der Waals surface area contributed by atoms with E-state index in [0.29, 0.717) is 0 Å². The number of rotatable bonds is 6. The molecule has 11 N–H and O–H groups in total. The summed E-state index contributed by atoms with van der Waals surface area (Å²) >= 11 is 0. The van der Waals surface area contributed by atoms with Gasteiger partial charge in [-0.3, -0.25) is 26.6 Å². The number of nitrogens with zero attached hydrogens (tertiary/aromatic N) is 8. The Morgan fingerprint density at radius 3 is 2.50 bits per heavy atom. The molecule has 2 rings (SSSR count). The molecule has 16 heteroatoms. The van der Waals surface area contributed by atoms with Gasteiger partial charge in [-0.2, -0.15) is 14.6 Å². The van der Waals surface area contributed by atoms with Crippen LogP contribution in [0.4, 0.5) is 23.8 Å². The molecule has 0 aliphatic heterocycles. The lowest BCUT2D eigenvalue weighted by molar-refractivity contribution is 0.876. The molecule has 2 aromatic heterocycles. The standard InChI is InChI=1S/C8H16N16/c1-3(24-8(18-11)15-7(17-10)23-24)19-20-4(12-2)13-5-14-6(16-9)22-21-5/h1,9-11H2,2H3,(H2,15,17,18,23)(H3,12,13,14,16,21,22). The summed E-state index contributed by atoms with van der Waals surface area (Å²) in [6.45, 7) is 3.70. The largest absolute Gasteiger partial charge is 0.293 e. The first-order chi connectivity index (χ1) is 11.6. The summed E-state index contributed by atoms with van der Waals surface area (Å²) in [4.78, 5) is 11.8. The molecular weight excluding hydrogens is 320 g/mol. The number of nitrogen functional groups attached to an aromatic ring is 3. The predicted octanol–water partition coefficient (Wildman–Crippen LogP) is -1.77. The number of hydrogen-bond donors (Lipinski definition) is 8. The van der Waals surface area contributed by atoms with Gasteiger partial charge in [-0.15, -0.1) is 20.4 Å². The molecule has 0 fully saturated rings. The van der Waals surface area contributed by atoms with E-state index in [4.69, 9.17) is 17.5 Å². The maximum absolute atomic E-state index is 5.33. The van der Waals surface area contributed by atoms with Crippen LogP contribution in [0.15, 0.2) is 21.8 Å². The number of hydrazine groups is 3. The van der Waals surface area contributed by atoms with Crippen molar-refractivity contribution in [1.29, 1.82) is 0 Å². The van der Waals surface area contributed by atoms with Crippen LogP contribution in [0.3, 0.4) is 0 Å². The Labute approximate surface area is 134 Å². The van der Waals surface area contributed by atoms with E-state index in [1.165, 1.54) is 11.7 Å². The van der Waals surface area contributed by atoms with Crippen LogP contribution < -0.4 is 39.1 Å². The lowest BCUT2D eigenvalue weighted by atomic mass is 10.8. The van der Waals surface area contributed by atoms with E-state index >= 15 is 0 Å². The fourth-order valence-corrected chi connectivity index (χ4v) is 1.40. The Bertz CT molecular complexity index is 750. The molecule has 0 unspecified atom stereocenters. The molecule has 0 radical (unpaired) electrons. The van der Waals surface area contributed by atoms with Crippen molar-refractivity contribution in [2.75, 3.05) is 28.6 Å². The fourth-order valence-electron chi connectivity index (χ4n) is 1.40. The van der Waals surface area contributed by atoms with Crippen LogP contribution in [0.5, 0.6) is 0 Å². The zero-order chi connectivity index (χ0) is 17.5. The van der Waals surface area contributed by atoms with Crippen molar-refractivity contribution in [3.63, 3.8) is 0 Å².